The van der Waals surface area contributed by atoms with Gasteiger partial charge in [0.05, 0.1) is 5.54 Å². The van der Waals surface area contributed by atoms with E-state index in [0.717, 1.165) is 17.4 Å². The van der Waals surface area contributed by atoms with E-state index in [-0.39, 0.29) is 18.3 Å². The number of nitrogens with two attached hydrogens (primary N) is 1. The molecule has 0 saturated heterocycles. The molecule has 100 valence electrons. The highest BCUT2D eigenvalue weighted by molar-refractivity contribution is 9.10. The second-order valence-corrected chi connectivity index (χ2v) is 5.93. The van der Waals surface area contributed by atoms with Gasteiger partial charge in [-0.1, -0.05) is 28.1 Å². The Bertz CT molecular complexity index is 457. The number of hydrogen-bond donors (Lipinski definition) is 1. The van der Waals surface area contributed by atoms with E-state index < -0.39 is 5.54 Å². The third-order valence-electron chi connectivity index (χ3n) is 3.05. The summed E-state index contributed by atoms with van der Waals surface area (Å²) in [7, 11) is 0. The van der Waals surface area contributed by atoms with Gasteiger partial charge in [0.2, 0.25) is 5.91 Å². The van der Waals surface area contributed by atoms with Gasteiger partial charge >= 0.3 is 0 Å². The van der Waals surface area contributed by atoms with Crippen molar-refractivity contribution in [1.29, 1.82) is 0 Å². The van der Waals surface area contributed by atoms with Crippen LogP contribution >= 0.6 is 28.3 Å². The molecule has 1 amide bonds. The first-order chi connectivity index (χ1) is 7.89. The predicted molar refractivity (Wildman–Crippen MR) is 78.8 cm³/mol. The molecule has 0 radical (unpaired) electrons. The minimum Gasteiger partial charge on any atom is -0.336 e. The van der Waals surface area contributed by atoms with Gasteiger partial charge in [0.1, 0.15) is 0 Å². The molecule has 1 aromatic rings. The van der Waals surface area contributed by atoms with E-state index in [0.29, 0.717) is 6.54 Å². The van der Waals surface area contributed by atoms with Gasteiger partial charge < -0.3 is 10.6 Å². The summed E-state index contributed by atoms with van der Waals surface area (Å²) in [6.07, 6.45) is 0.899. The van der Waals surface area contributed by atoms with Gasteiger partial charge in [0, 0.05) is 17.6 Å². The lowest BCUT2D eigenvalue weighted by molar-refractivity contribution is -0.136. The number of benzene rings is 1. The van der Waals surface area contributed by atoms with Crippen LogP contribution in [-0.4, -0.2) is 22.9 Å². The minimum atomic E-state index is -0.793. The van der Waals surface area contributed by atoms with Crippen molar-refractivity contribution in [3.63, 3.8) is 0 Å². The molecule has 1 aliphatic rings. The summed E-state index contributed by atoms with van der Waals surface area (Å²) in [6, 6.07) is 6.17. The molecule has 0 aliphatic carbocycles. The van der Waals surface area contributed by atoms with Crippen molar-refractivity contribution in [2.24, 2.45) is 5.73 Å². The van der Waals surface area contributed by atoms with Gasteiger partial charge in [-0.3, -0.25) is 4.79 Å². The molecule has 3 nitrogen and oxygen atoms in total. The molecule has 5 heteroatoms. The largest absolute Gasteiger partial charge is 0.336 e. The summed E-state index contributed by atoms with van der Waals surface area (Å²) in [6.45, 7) is 4.91. The number of carbonyl (C=O) groups is 1. The predicted octanol–water partition coefficient (Wildman–Crippen LogP) is 2.49. The van der Waals surface area contributed by atoms with E-state index in [1.165, 1.54) is 11.1 Å². The van der Waals surface area contributed by atoms with Crippen LogP contribution in [0, 0.1) is 0 Å². The van der Waals surface area contributed by atoms with Gasteiger partial charge in [0.15, 0.2) is 0 Å². The lowest BCUT2D eigenvalue weighted by atomic mass is 9.97. The Morgan fingerprint density at radius 3 is 2.72 bits per heavy atom. The smallest absolute Gasteiger partial charge is 0.242 e. The van der Waals surface area contributed by atoms with E-state index in [2.05, 4.69) is 22.0 Å². The summed E-state index contributed by atoms with van der Waals surface area (Å²) < 4.78 is 1.07. The van der Waals surface area contributed by atoms with E-state index in [1.54, 1.807) is 13.8 Å². The van der Waals surface area contributed by atoms with E-state index in [4.69, 9.17) is 5.73 Å². The third-order valence-corrected chi connectivity index (χ3v) is 3.80. The lowest BCUT2D eigenvalue weighted by Crippen LogP contribution is -2.52. The van der Waals surface area contributed by atoms with Crippen LogP contribution in [0.25, 0.3) is 0 Å². The Morgan fingerprint density at radius 1 is 1.44 bits per heavy atom. The molecule has 2 rings (SSSR count). The van der Waals surface area contributed by atoms with E-state index in [9.17, 15) is 4.79 Å². The highest BCUT2D eigenvalue weighted by Crippen LogP contribution is 2.27. The number of carbonyl (C=O) groups excluding carboxylic acids is 1. The molecule has 1 aromatic carbocycles. The maximum atomic E-state index is 12.1. The molecule has 0 fully saturated rings. The highest BCUT2D eigenvalue weighted by atomic mass is 79.9. The fourth-order valence-corrected chi connectivity index (χ4v) is 2.65. The quantitative estimate of drug-likeness (QED) is 0.858. The van der Waals surface area contributed by atoms with Crippen LogP contribution in [0.3, 0.4) is 0 Å². The van der Waals surface area contributed by atoms with Crippen molar-refractivity contribution in [2.45, 2.75) is 32.4 Å². The molecule has 2 N–H and O–H groups in total. The minimum absolute atomic E-state index is 0. The van der Waals surface area contributed by atoms with Crippen molar-refractivity contribution in [1.82, 2.24) is 4.90 Å². The van der Waals surface area contributed by atoms with Gasteiger partial charge in [-0.2, -0.15) is 0 Å². The second kappa shape index (κ2) is 5.59. The molecule has 1 aliphatic heterocycles. The number of halogens is 2. The molecule has 0 saturated carbocycles. The lowest BCUT2D eigenvalue weighted by Gasteiger charge is -2.33. The normalized spacial score (nSPS) is 14.8. The van der Waals surface area contributed by atoms with Crippen LogP contribution in [0.15, 0.2) is 22.7 Å². The summed E-state index contributed by atoms with van der Waals surface area (Å²) in [5.74, 6) is 0.0129. The van der Waals surface area contributed by atoms with Crippen molar-refractivity contribution >= 4 is 34.2 Å². The van der Waals surface area contributed by atoms with E-state index in [1.807, 2.05) is 17.0 Å². The monoisotopic (exact) mass is 332 g/mol. The molecule has 0 aromatic heterocycles. The molecule has 0 unspecified atom stereocenters. The molecular formula is C13H18BrClN2O. The molecule has 18 heavy (non-hydrogen) atoms. The van der Waals surface area contributed by atoms with Crippen LogP contribution in [0.2, 0.25) is 0 Å². The van der Waals surface area contributed by atoms with Crippen LogP contribution in [0.5, 0.6) is 0 Å². The zero-order valence-corrected chi connectivity index (χ0v) is 13.0. The fraction of sp³-hybridized carbons (Fsp3) is 0.462. The summed E-state index contributed by atoms with van der Waals surface area (Å²) in [5.41, 5.74) is 7.59. The molecule has 1 heterocycles. The number of hydrogen-bond acceptors (Lipinski definition) is 2. The van der Waals surface area contributed by atoms with Crippen molar-refractivity contribution in [3.05, 3.63) is 33.8 Å². The van der Waals surface area contributed by atoms with Crippen molar-refractivity contribution in [3.8, 4) is 0 Å². The highest BCUT2D eigenvalue weighted by Gasteiger charge is 2.30. The van der Waals surface area contributed by atoms with Crippen molar-refractivity contribution < 1.29 is 4.79 Å². The zero-order valence-electron chi connectivity index (χ0n) is 10.6. The maximum absolute atomic E-state index is 12.1. The average Bonchev–Trinajstić information content (AvgIpc) is 2.27. The Morgan fingerprint density at radius 2 is 2.11 bits per heavy atom. The number of rotatable bonds is 1. The third kappa shape index (κ3) is 3.05. The summed E-state index contributed by atoms with van der Waals surface area (Å²) in [5, 5.41) is 0. The first-order valence-electron chi connectivity index (χ1n) is 5.74. The van der Waals surface area contributed by atoms with Gasteiger partial charge in [-0.15, -0.1) is 12.4 Å². The Labute approximate surface area is 122 Å². The zero-order chi connectivity index (χ0) is 12.6. The number of nitrogens with zero attached hydrogens (tertiary/aromatic N) is 1. The second-order valence-electron chi connectivity index (χ2n) is 5.08. The Hall–Kier alpha value is -0.580. The first kappa shape index (κ1) is 15.5. The van der Waals surface area contributed by atoms with Gasteiger partial charge in [-0.05, 0) is 37.5 Å². The standard InChI is InChI=1S/C13H17BrN2O.ClH/c1-13(2,15)12(17)16-7-6-9-4-3-5-11(14)10(9)8-16;/h3-5H,6-8,15H2,1-2H3;1H. The summed E-state index contributed by atoms with van der Waals surface area (Å²) >= 11 is 3.54. The average molecular weight is 334 g/mol. The van der Waals surface area contributed by atoms with Gasteiger partial charge in [-0.25, -0.2) is 0 Å². The van der Waals surface area contributed by atoms with Crippen LogP contribution in [0.1, 0.15) is 25.0 Å². The van der Waals surface area contributed by atoms with Crippen molar-refractivity contribution in [2.75, 3.05) is 6.54 Å². The first-order valence-corrected chi connectivity index (χ1v) is 6.53. The SMILES string of the molecule is CC(C)(N)C(=O)N1CCc2cccc(Br)c2C1.Cl. The van der Waals surface area contributed by atoms with E-state index >= 15 is 0 Å². The molecule has 0 bridgehead atoms. The Balaban J connectivity index is 0.00000162. The maximum Gasteiger partial charge on any atom is 0.242 e. The number of amides is 1. The molecule has 0 atom stereocenters. The van der Waals surface area contributed by atoms with Gasteiger partial charge in [0.25, 0.3) is 0 Å². The topological polar surface area (TPSA) is 46.3 Å². The fourth-order valence-electron chi connectivity index (χ4n) is 2.12. The van der Waals surface area contributed by atoms with Crippen LogP contribution in [0.4, 0.5) is 0 Å². The summed E-state index contributed by atoms with van der Waals surface area (Å²) in [4.78, 5) is 14.0. The molecule has 0 spiro atoms. The Kier molecular flexibility index (Phi) is 4.81. The molecular weight excluding hydrogens is 316 g/mol. The number of fused-ring (bicyclic) bond motifs is 1. The van der Waals surface area contributed by atoms with Crippen LogP contribution in [-0.2, 0) is 17.8 Å². The van der Waals surface area contributed by atoms with Crippen LogP contribution < -0.4 is 5.73 Å².